The van der Waals surface area contributed by atoms with E-state index in [0.717, 1.165) is 23.5 Å². The number of hydroxylamine groups is 2. The van der Waals surface area contributed by atoms with Gasteiger partial charge in [-0.3, -0.25) is 10.0 Å². The van der Waals surface area contributed by atoms with Gasteiger partial charge in [0.2, 0.25) is 5.91 Å². The Bertz CT molecular complexity index is 564. The van der Waals surface area contributed by atoms with Crippen molar-refractivity contribution in [1.82, 2.24) is 5.06 Å². The smallest absolute Gasteiger partial charge is 0.242 e. The SMILES string of the molecule is CC(=O)N(O)CCc1ccc(CCc2ccccc2)cc1. The first-order chi connectivity index (χ1) is 10.1. The van der Waals surface area contributed by atoms with Crippen LogP contribution < -0.4 is 0 Å². The predicted octanol–water partition coefficient (Wildman–Crippen LogP) is 3.25. The van der Waals surface area contributed by atoms with E-state index in [1.165, 1.54) is 18.1 Å². The standard InChI is InChI=1S/C18H21NO2/c1-15(20)19(21)14-13-18-11-9-17(10-12-18)8-7-16-5-3-2-4-6-16/h2-6,9-12,21H,7-8,13-14H2,1H3. The van der Waals surface area contributed by atoms with Crippen LogP contribution in [0.1, 0.15) is 23.6 Å². The van der Waals surface area contributed by atoms with Gasteiger partial charge in [0.25, 0.3) is 0 Å². The van der Waals surface area contributed by atoms with E-state index in [4.69, 9.17) is 0 Å². The zero-order valence-electron chi connectivity index (χ0n) is 12.3. The fourth-order valence-corrected chi connectivity index (χ4v) is 2.20. The number of carbonyl (C=O) groups excluding carboxylic acids is 1. The Balaban J connectivity index is 1.83. The Hall–Kier alpha value is -2.13. The fraction of sp³-hybridized carbons (Fsp3) is 0.278. The highest BCUT2D eigenvalue weighted by Gasteiger charge is 2.04. The van der Waals surface area contributed by atoms with Gasteiger partial charge >= 0.3 is 0 Å². The first kappa shape index (κ1) is 15.3. The molecule has 2 rings (SSSR count). The lowest BCUT2D eigenvalue weighted by Crippen LogP contribution is -2.26. The number of amides is 1. The molecule has 0 saturated heterocycles. The first-order valence-corrected chi connectivity index (χ1v) is 7.24. The van der Waals surface area contributed by atoms with Crippen molar-refractivity contribution in [3.8, 4) is 0 Å². The van der Waals surface area contributed by atoms with Crippen LogP contribution in [0.3, 0.4) is 0 Å². The largest absolute Gasteiger partial charge is 0.286 e. The summed E-state index contributed by atoms with van der Waals surface area (Å²) < 4.78 is 0. The second-order valence-corrected chi connectivity index (χ2v) is 5.19. The van der Waals surface area contributed by atoms with Crippen LogP contribution in [0.5, 0.6) is 0 Å². The topological polar surface area (TPSA) is 40.5 Å². The van der Waals surface area contributed by atoms with Crippen molar-refractivity contribution in [3.63, 3.8) is 0 Å². The number of carbonyl (C=O) groups is 1. The van der Waals surface area contributed by atoms with Crippen LogP contribution in [0.25, 0.3) is 0 Å². The Morgan fingerprint density at radius 3 is 1.86 bits per heavy atom. The molecule has 2 aromatic carbocycles. The van der Waals surface area contributed by atoms with Gasteiger partial charge in [-0.2, -0.15) is 0 Å². The third-order valence-corrected chi connectivity index (χ3v) is 3.54. The number of aryl methyl sites for hydroxylation is 2. The summed E-state index contributed by atoms with van der Waals surface area (Å²) in [6.45, 7) is 1.69. The van der Waals surface area contributed by atoms with Gasteiger partial charge in [0.1, 0.15) is 0 Å². The lowest BCUT2D eigenvalue weighted by Gasteiger charge is -2.12. The van der Waals surface area contributed by atoms with E-state index in [1.54, 1.807) is 0 Å². The highest BCUT2D eigenvalue weighted by Crippen LogP contribution is 2.10. The second-order valence-electron chi connectivity index (χ2n) is 5.19. The van der Waals surface area contributed by atoms with Gasteiger partial charge < -0.3 is 0 Å². The molecular formula is C18H21NO2. The molecule has 0 unspecified atom stereocenters. The van der Waals surface area contributed by atoms with Crippen molar-refractivity contribution in [2.45, 2.75) is 26.2 Å². The van der Waals surface area contributed by atoms with Crippen LogP contribution in [-0.4, -0.2) is 22.7 Å². The molecule has 0 aliphatic carbocycles. The number of rotatable bonds is 6. The van der Waals surface area contributed by atoms with E-state index in [9.17, 15) is 10.0 Å². The van der Waals surface area contributed by atoms with Gasteiger partial charge in [-0.15, -0.1) is 0 Å². The summed E-state index contributed by atoms with van der Waals surface area (Å²) in [5, 5.41) is 10.1. The Morgan fingerprint density at radius 2 is 1.33 bits per heavy atom. The molecular weight excluding hydrogens is 262 g/mol. The highest BCUT2D eigenvalue weighted by atomic mass is 16.5. The van der Waals surface area contributed by atoms with Gasteiger partial charge in [0.15, 0.2) is 0 Å². The Labute approximate surface area is 125 Å². The third kappa shape index (κ3) is 5.04. The van der Waals surface area contributed by atoms with E-state index in [2.05, 4.69) is 48.5 Å². The lowest BCUT2D eigenvalue weighted by molar-refractivity contribution is -0.162. The molecule has 2 aromatic rings. The zero-order chi connectivity index (χ0) is 15.1. The second kappa shape index (κ2) is 7.60. The van der Waals surface area contributed by atoms with Crippen LogP contribution in [0.4, 0.5) is 0 Å². The minimum atomic E-state index is -0.325. The number of benzene rings is 2. The van der Waals surface area contributed by atoms with Crippen molar-refractivity contribution in [1.29, 1.82) is 0 Å². The molecule has 0 spiro atoms. The van der Waals surface area contributed by atoms with Crippen molar-refractivity contribution < 1.29 is 10.0 Å². The van der Waals surface area contributed by atoms with Crippen molar-refractivity contribution in [2.75, 3.05) is 6.54 Å². The normalized spacial score (nSPS) is 10.4. The maximum Gasteiger partial charge on any atom is 0.242 e. The molecule has 1 N–H and O–H groups in total. The monoisotopic (exact) mass is 283 g/mol. The molecule has 3 nitrogen and oxygen atoms in total. The summed E-state index contributed by atoms with van der Waals surface area (Å²) in [6, 6.07) is 18.8. The first-order valence-electron chi connectivity index (χ1n) is 7.24. The third-order valence-electron chi connectivity index (χ3n) is 3.54. The fourth-order valence-electron chi connectivity index (χ4n) is 2.20. The molecule has 0 aliphatic heterocycles. The lowest BCUT2D eigenvalue weighted by atomic mass is 10.0. The van der Waals surface area contributed by atoms with Crippen molar-refractivity contribution in [3.05, 3.63) is 71.3 Å². The summed E-state index contributed by atoms with van der Waals surface area (Å²) in [7, 11) is 0. The van der Waals surface area contributed by atoms with E-state index in [1.807, 2.05) is 6.07 Å². The van der Waals surface area contributed by atoms with E-state index < -0.39 is 0 Å². The Morgan fingerprint density at radius 1 is 0.857 bits per heavy atom. The average Bonchev–Trinajstić information content (AvgIpc) is 2.52. The van der Waals surface area contributed by atoms with Crippen molar-refractivity contribution in [2.24, 2.45) is 0 Å². The van der Waals surface area contributed by atoms with Crippen LogP contribution in [0, 0.1) is 0 Å². The molecule has 0 aliphatic rings. The van der Waals surface area contributed by atoms with Gasteiger partial charge in [-0.1, -0.05) is 54.6 Å². The Kier molecular flexibility index (Phi) is 5.52. The van der Waals surface area contributed by atoms with Gasteiger partial charge in [-0.25, -0.2) is 5.06 Å². The average molecular weight is 283 g/mol. The summed E-state index contributed by atoms with van der Waals surface area (Å²) in [5.41, 5.74) is 3.77. The van der Waals surface area contributed by atoms with Crippen LogP contribution in [0.15, 0.2) is 54.6 Å². The molecule has 0 bridgehead atoms. The summed E-state index contributed by atoms with van der Waals surface area (Å²) >= 11 is 0. The summed E-state index contributed by atoms with van der Waals surface area (Å²) in [5.74, 6) is -0.325. The van der Waals surface area contributed by atoms with Gasteiger partial charge in [-0.05, 0) is 36.0 Å². The molecule has 0 heterocycles. The van der Waals surface area contributed by atoms with E-state index >= 15 is 0 Å². The van der Waals surface area contributed by atoms with Crippen LogP contribution in [0.2, 0.25) is 0 Å². The molecule has 0 atom stereocenters. The van der Waals surface area contributed by atoms with Gasteiger partial charge in [0.05, 0.1) is 6.54 Å². The molecule has 3 heteroatoms. The van der Waals surface area contributed by atoms with Gasteiger partial charge in [0, 0.05) is 6.92 Å². The number of nitrogens with zero attached hydrogens (tertiary/aromatic N) is 1. The maximum atomic E-state index is 10.9. The molecule has 0 aromatic heterocycles. The molecule has 110 valence electrons. The molecule has 0 fully saturated rings. The number of hydrogen-bond acceptors (Lipinski definition) is 2. The van der Waals surface area contributed by atoms with Crippen LogP contribution in [-0.2, 0) is 24.1 Å². The van der Waals surface area contributed by atoms with Crippen LogP contribution >= 0.6 is 0 Å². The van der Waals surface area contributed by atoms with E-state index in [0.29, 0.717) is 13.0 Å². The summed E-state index contributed by atoms with van der Waals surface area (Å²) in [4.78, 5) is 10.9. The molecule has 1 amide bonds. The minimum Gasteiger partial charge on any atom is -0.286 e. The molecule has 21 heavy (non-hydrogen) atoms. The van der Waals surface area contributed by atoms with E-state index in [-0.39, 0.29) is 5.91 Å². The minimum absolute atomic E-state index is 0.325. The summed E-state index contributed by atoms with van der Waals surface area (Å²) in [6.07, 6.45) is 2.72. The predicted molar refractivity (Wildman–Crippen MR) is 83.2 cm³/mol. The quantitative estimate of drug-likeness (QED) is 0.653. The molecule has 0 radical (unpaired) electrons. The zero-order valence-corrected chi connectivity index (χ0v) is 12.3. The highest BCUT2D eigenvalue weighted by molar-refractivity contribution is 5.71. The number of hydrogen-bond donors (Lipinski definition) is 1. The molecule has 0 saturated carbocycles. The van der Waals surface area contributed by atoms with Crippen molar-refractivity contribution >= 4 is 5.91 Å². The maximum absolute atomic E-state index is 10.9.